The van der Waals surface area contributed by atoms with Gasteiger partial charge in [0.2, 0.25) is 0 Å². The first-order chi connectivity index (χ1) is 8.70. The number of nitrogens with one attached hydrogen (secondary N) is 1. The van der Waals surface area contributed by atoms with Gasteiger partial charge in [-0.05, 0) is 0 Å². The number of imidazole rings is 1. The van der Waals surface area contributed by atoms with Crippen molar-refractivity contribution in [2.24, 2.45) is 0 Å². The molecule has 9 nitrogen and oxygen atoms in total. The summed E-state index contributed by atoms with van der Waals surface area (Å²) in [5.41, 5.74) is 0.0149. The Hall–Kier alpha value is -1.84. The molecule has 0 amide bonds. The lowest BCUT2D eigenvalue weighted by molar-refractivity contribution is -0.0432. The smallest absolute Gasteiger partial charge is 0.295 e. The zero-order valence-corrected chi connectivity index (χ0v) is 9.22. The van der Waals surface area contributed by atoms with E-state index >= 15 is 0 Å². The van der Waals surface area contributed by atoms with E-state index in [-0.39, 0.29) is 17.8 Å². The Labute approximate surface area is 100 Å². The van der Waals surface area contributed by atoms with E-state index in [4.69, 9.17) is 9.84 Å². The summed E-state index contributed by atoms with van der Waals surface area (Å²) in [5.74, 6) is 0. The second-order valence-electron chi connectivity index (χ2n) is 4.08. The molecule has 9 heteroatoms. The van der Waals surface area contributed by atoms with Gasteiger partial charge in [0.15, 0.2) is 11.2 Å². The molecule has 1 fully saturated rings. The third-order valence-electron chi connectivity index (χ3n) is 2.97. The standard InChI is InChI=1S/C9H11N5O4/c15-2-5-4(16)1-6(18-5)14-3-10-7-8(14)11-13-12-9(7)17/h3-6,15-16H,1-2H2,(H,11,12,17)/t4-,5+,6+/m0/s1. The van der Waals surface area contributed by atoms with E-state index in [1.54, 1.807) is 0 Å². The van der Waals surface area contributed by atoms with Crippen molar-refractivity contribution < 1.29 is 14.9 Å². The minimum atomic E-state index is -0.757. The molecule has 2 aromatic rings. The Bertz CT molecular complexity index is 623. The van der Waals surface area contributed by atoms with Gasteiger partial charge in [-0.2, -0.15) is 0 Å². The van der Waals surface area contributed by atoms with Crippen LogP contribution in [0.1, 0.15) is 12.6 Å². The monoisotopic (exact) mass is 253 g/mol. The van der Waals surface area contributed by atoms with Gasteiger partial charge in [0.25, 0.3) is 5.56 Å². The molecule has 0 spiro atoms. The summed E-state index contributed by atoms with van der Waals surface area (Å²) in [7, 11) is 0. The zero-order chi connectivity index (χ0) is 12.7. The predicted octanol–water partition coefficient (Wildman–Crippen LogP) is -1.84. The number of fused-ring (bicyclic) bond motifs is 1. The highest BCUT2D eigenvalue weighted by atomic mass is 16.5. The lowest BCUT2D eigenvalue weighted by Crippen LogP contribution is -2.24. The van der Waals surface area contributed by atoms with Crippen molar-refractivity contribution in [3.63, 3.8) is 0 Å². The van der Waals surface area contributed by atoms with Crippen molar-refractivity contribution in [2.45, 2.75) is 24.9 Å². The molecule has 0 radical (unpaired) electrons. The number of aliphatic hydroxyl groups is 2. The Morgan fingerprint density at radius 1 is 1.61 bits per heavy atom. The molecule has 1 saturated heterocycles. The molecule has 3 heterocycles. The molecule has 3 N–H and O–H groups in total. The van der Waals surface area contributed by atoms with Crippen molar-refractivity contribution in [2.75, 3.05) is 6.61 Å². The maximum atomic E-state index is 11.4. The van der Waals surface area contributed by atoms with Gasteiger partial charge >= 0.3 is 0 Å². The summed E-state index contributed by atoms with van der Waals surface area (Å²) in [6, 6.07) is 0. The molecule has 0 saturated carbocycles. The van der Waals surface area contributed by atoms with Gasteiger partial charge in [-0.3, -0.25) is 9.36 Å². The van der Waals surface area contributed by atoms with Crippen molar-refractivity contribution in [1.82, 2.24) is 25.0 Å². The average Bonchev–Trinajstić information content (AvgIpc) is 2.93. The highest BCUT2D eigenvalue weighted by Crippen LogP contribution is 2.29. The summed E-state index contributed by atoms with van der Waals surface area (Å²) >= 11 is 0. The van der Waals surface area contributed by atoms with E-state index in [9.17, 15) is 9.90 Å². The number of ether oxygens (including phenoxy) is 1. The second kappa shape index (κ2) is 4.12. The van der Waals surface area contributed by atoms with Crippen LogP contribution in [-0.2, 0) is 4.74 Å². The van der Waals surface area contributed by atoms with E-state index in [1.807, 2.05) is 0 Å². The first-order valence-electron chi connectivity index (χ1n) is 5.43. The molecular weight excluding hydrogens is 242 g/mol. The summed E-state index contributed by atoms with van der Waals surface area (Å²) in [4.78, 5) is 15.4. The maximum Gasteiger partial charge on any atom is 0.295 e. The van der Waals surface area contributed by atoms with Crippen LogP contribution in [0.5, 0.6) is 0 Å². The molecule has 96 valence electrons. The quantitative estimate of drug-likeness (QED) is 0.573. The molecular formula is C9H11N5O4. The Kier molecular flexibility index (Phi) is 2.58. The third kappa shape index (κ3) is 1.60. The number of aromatic nitrogens is 5. The molecule has 1 aliphatic rings. The summed E-state index contributed by atoms with van der Waals surface area (Å²) in [6.07, 6.45) is -0.204. The number of H-pyrrole nitrogens is 1. The van der Waals surface area contributed by atoms with Crippen LogP contribution in [-0.4, -0.2) is 54.0 Å². The highest BCUT2D eigenvalue weighted by molar-refractivity contribution is 5.68. The van der Waals surface area contributed by atoms with Crippen molar-refractivity contribution in [3.8, 4) is 0 Å². The normalized spacial score (nSPS) is 28.0. The van der Waals surface area contributed by atoms with E-state index in [0.29, 0.717) is 6.42 Å². The number of rotatable bonds is 2. The third-order valence-corrected chi connectivity index (χ3v) is 2.97. The minimum Gasteiger partial charge on any atom is -0.394 e. The molecule has 3 atom stereocenters. The highest BCUT2D eigenvalue weighted by Gasteiger charge is 2.35. The summed E-state index contributed by atoms with van der Waals surface area (Å²) < 4.78 is 6.98. The predicted molar refractivity (Wildman–Crippen MR) is 57.6 cm³/mol. The van der Waals surface area contributed by atoms with Gasteiger partial charge in [-0.25, -0.2) is 10.1 Å². The van der Waals surface area contributed by atoms with Crippen LogP contribution in [0.25, 0.3) is 11.2 Å². The van der Waals surface area contributed by atoms with Gasteiger partial charge in [0, 0.05) is 6.42 Å². The lowest BCUT2D eigenvalue weighted by atomic mass is 10.2. The second-order valence-corrected chi connectivity index (χ2v) is 4.08. The fourth-order valence-electron chi connectivity index (χ4n) is 2.05. The van der Waals surface area contributed by atoms with E-state index < -0.39 is 24.0 Å². The number of hydrogen-bond donors (Lipinski definition) is 3. The molecule has 1 aliphatic heterocycles. The average molecular weight is 253 g/mol. The summed E-state index contributed by atoms with van der Waals surface area (Å²) in [5, 5.41) is 28.1. The van der Waals surface area contributed by atoms with Gasteiger partial charge in [0.05, 0.1) is 19.0 Å². The first-order valence-corrected chi connectivity index (χ1v) is 5.43. The Morgan fingerprint density at radius 2 is 2.44 bits per heavy atom. The molecule has 18 heavy (non-hydrogen) atoms. The fraction of sp³-hybridized carbons (Fsp3) is 0.556. The zero-order valence-electron chi connectivity index (χ0n) is 9.22. The number of aromatic amines is 1. The topological polar surface area (TPSA) is 126 Å². The van der Waals surface area contributed by atoms with Crippen LogP contribution in [0.4, 0.5) is 0 Å². The van der Waals surface area contributed by atoms with Crippen LogP contribution in [0, 0.1) is 0 Å². The number of aliphatic hydroxyl groups excluding tert-OH is 2. The SMILES string of the molecule is O=c1[nH]nnc2c1ncn2[C@H]1C[C@H](O)[C@@H](CO)O1. The van der Waals surface area contributed by atoms with Crippen molar-refractivity contribution in [3.05, 3.63) is 16.7 Å². The lowest BCUT2D eigenvalue weighted by Gasteiger charge is -2.12. The Balaban J connectivity index is 2.01. The molecule has 3 rings (SSSR count). The molecule has 0 aromatic carbocycles. The van der Waals surface area contributed by atoms with Gasteiger partial charge < -0.3 is 14.9 Å². The largest absolute Gasteiger partial charge is 0.394 e. The van der Waals surface area contributed by atoms with Gasteiger partial charge in [-0.15, -0.1) is 5.10 Å². The number of hydrogen-bond acceptors (Lipinski definition) is 7. The molecule has 0 unspecified atom stereocenters. The van der Waals surface area contributed by atoms with Crippen molar-refractivity contribution in [1.29, 1.82) is 0 Å². The number of nitrogens with zero attached hydrogens (tertiary/aromatic N) is 4. The maximum absolute atomic E-state index is 11.4. The van der Waals surface area contributed by atoms with Crippen LogP contribution in [0.3, 0.4) is 0 Å². The molecule has 2 aromatic heterocycles. The molecule has 0 aliphatic carbocycles. The fourth-order valence-corrected chi connectivity index (χ4v) is 2.05. The van der Waals surface area contributed by atoms with E-state index in [0.717, 1.165) is 0 Å². The summed E-state index contributed by atoms with van der Waals surface area (Å²) in [6.45, 7) is -0.267. The first kappa shape index (κ1) is 11.3. The minimum absolute atomic E-state index is 0.163. The van der Waals surface area contributed by atoms with E-state index in [1.165, 1.54) is 10.9 Å². The van der Waals surface area contributed by atoms with Crippen LogP contribution >= 0.6 is 0 Å². The van der Waals surface area contributed by atoms with Gasteiger partial charge in [0.1, 0.15) is 12.3 Å². The van der Waals surface area contributed by atoms with Crippen LogP contribution in [0.15, 0.2) is 11.1 Å². The van der Waals surface area contributed by atoms with Crippen LogP contribution < -0.4 is 5.56 Å². The van der Waals surface area contributed by atoms with E-state index in [2.05, 4.69) is 20.4 Å². The van der Waals surface area contributed by atoms with Crippen LogP contribution in [0.2, 0.25) is 0 Å². The van der Waals surface area contributed by atoms with Crippen molar-refractivity contribution >= 4 is 11.2 Å². The molecule has 0 bridgehead atoms. The Morgan fingerprint density at radius 3 is 3.17 bits per heavy atom. The van der Waals surface area contributed by atoms with Gasteiger partial charge in [-0.1, -0.05) is 5.21 Å².